The van der Waals surface area contributed by atoms with Gasteiger partial charge in [-0.15, -0.1) is 24.0 Å². The Hall–Kier alpha value is -1.20. The van der Waals surface area contributed by atoms with Gasteiger partial charge in [0.1, 0.15) is 0 Å². The molecule has 1 aromatic rings. The van der Waals surface area contributed by atoms with Crippen LogP contribution >= 0.6 is 24.0 Å². The third kappa shape index (κ3) is 9.48. The molecule has 0 amide bonds. The van der Waals surface area contributed by atoms with Crippen LogP contribution in [0.4, 0.5) is 26.3 Å². The number of halogens is 7. The van der Waals surface area contributed by atoms with E-state index < -0.39 is 30.4 Å². The fourth-order valence-electron chi connectivity index (χ4n) is 2.12. The first-order valence-electron chi connectivity index (χ1n) is 7.74. The molecule has 150 valence electrons. The summed E-state index contributed by atoms with van der Waals surface area (Å²) in [5.41, 5.74) is -0.316. The highest BCUT2D eigenvalue weighted by atomic mass is 127. The van der Waals surface area contributed by atoms with E-state index in [4.69, 9.17) is 0 Å². The molecule has 0 fully saturated rings. The Bertz CT molecular complexity index is 572. The first kappa shape index (κ1) is 24.8. The van der Waals surface area contributed by atoms with Gasteiger partial charge in [0.05, 0.1) is 11.6 Å². The molecule has 1 aromatic carbocycles. The molecule has 0 aliphatic carbocycles. The van der Waals surface area contributed by atoms with E-state index in [1.165, 1.54) is 13.1 Å². The molecule has 0 spiro atoms. The van der Waals surface area contributed by atoms with Crippen LogP contribution in [0.3, 0.4) is 0 Å². The highest BCUT2D eigenvalue weighted by Gasteiger charge is 2.30. The summed E-state index contributed by atoms with van der Waals surface area (Å²) in [5, 5.41) is 5.77. The van der Waals surface area contributed by atoms with Crippen molar-refractivity contribution in [3.05, 3.63) is 35.4 Å². The van der Waals surface area contributed by atoms with Crippen LogP contribution in [0.15, 0.2) is 29.3 Å². The average Bonchev–Trinajstić information content (AvgIpc) is 2.51. The summed E-state index contributed by atoms with van der Waals surface area (Å²) < 4.78 is 74.4. The van der Waals surface area contributed by atoms with Crippen molar-refractivity contribution in [2.24, 2.45) is 4.99 Å². The normalized spacial score (nSPS) is 13.8. The number of nitrogens with zero attached hydrogens (tertiary/aromatic N) is 1. The number of rotatable bonds is 6. The van der Waals surface area contributed by atoms with Gasteiger partial charge in [-0.2, -0.15) is 26.3 Å². The molecule has 0 saturated carbocycles. The van der Waals surface area contributed by atoms with Crippen LogP contribution < -0.4 is 10.6 Å². The second-order valence-corrected chi connectivity index (χ2v) is 5.56. The fourth-order valence-corrected chi connectivity index (χ4v) is 2.12. The minimum Gasteiger partial charge on any atom is -0.356 e. The summed E-state index contributed by atoms with van der Waals surface area (Å²) in [6.07, 6.45) is -9.14. The van der Waals surface area contributed by atoms with E-state index >= 15 is 0 Å². The molecular weight excluding hydrogens is 475 g/mol. The quantitative estimate of drug-likeness (QED) is 0.185. The van der Waals surface area contributed by atoms with Crippen LogP contribution in [0.5, 0.6) is 0 Å². The molecule has 1 unspecified atom stereocenters. The molecule has 0 aliphatic heterocycles. The van der Waals surface area contributed by atoms with Gasteiger partial charge in [0.25, 0.3) is 0 Å². The largest absolute Gasteiger partial charge is 0.416 e. The molecule has 0 aromatic heterocycles. The lowest BCUT2D eigenvalue weighted by Crippen LogP contribution is -2.39. The van der Waals surface area contributed by atoms with Gasteiger partial charge in [-0.25, -0.2) is 0 Å². The van der Waals surface area contributed by atoms with E-state index in [0.717, 1.165) is 12.1 Å². The van der Waals surface area contributed by atoms with Crippen molar-refractivity contribution < 1.29 is 26.3 Å². The number of guanidine groups is 1. The lowest BCUT2D eigenvalue weighted by molar-refractivity contribution is -0.138. The minimum absolute atomic E-state index is 0. The highest BCUT2D eigenvalue weighted by molar-refractivity contribution is 14.0. The van der Waals surface area contributed by atoms with Gasteiger partial charge in [0.15, 0.2) is 5.96 Å². The zero-order valence-corrected chi connectivity index (χ0v) is 16.7. The van der Waals surface area contributed by atoms with Crippen LogP contribution in [-0.4, -0.2) is 25.7 Å². The maximum absolute atomic E-state index is 12.7. The van der Waals surface area contributed by atoms with Gasteiger partial charge >= 0.3 is 12.4 Å². The maximum Gasteiger partial charge on any atom is 0.416 e. The predicted octanol–water partition coefficient (Wildman–Crippen LogP) is 5.28. The second-order valence-electron chi connectivity index (χ2n) is 5.56. The van der Waals surface area contributed by atoms with Crippen molar-refractivity contribution >= 4 is 29.9 Å². The first-order valence-corrected chi connectivity index (χ1v) is 7.74. The molecule has 10 heteroatoms. The van der Waals surface area contributed by atoms with Crippen molar-refractivity contribution in [3.63, 3.8) is 0 Å². The summed E-state index contributed by atoms with van der Waals surface area (Å²) in [4.78, 5) is 3.92. The number of alkyl halides is 6. The third-order valence-corrected chi connectivity index (χ3v) is 3.47. The number of benzene rings is 1. The number of aliphatic imine (C=N–C) groups is 1. The molecule has 0 saturated heterocycles. The Labute approximate surface area is 165 Å². The third-order valence-electron chi connectivity index (χ3n) is 3.47. The predicted molar refractivity (Wildman–Crippen MR) is 99.7 cm³/mol. The SMILES string of the molecule is CN=C(NCCCCC(F)(F)F)NC(C)c1cccc(C(F)(F)F)c1.I. The standard InChI is InChI=1S/C16H21F6N3.HI/c1-11(12-6-5-7-13(10-12)16(20,21)22)25-14(23-2)24-9-4-3-8-15(17,18)19;/h5-7,10-11H,3-4,8-9H2,1-2H3,(H2,23,24,25);1H. The van der Waals surface area contributed by atoms with E-state index in [2.05, 4.69) is 15.6 Å². The summed E-state index contributed by atoms with van der Waals surface area (Å²) in [6.45, 7) is 1.96. The molecule has 1 atom stereocenters. The Morgan fingerprint density at radius 1 is 1.12 bits per heavy atom. The summed E-state index contributed by atoms with van der Waals surface area (Å²) in [7, 11) is 1.48. The molecule has 0 heterocycles. The van der Waals surface area contributed by atoms with E-state index in [1.807, 2.05) is 0 Å². The van der Waals surface area contributed by atoms with E-state index in [-0.39, 0.29) is 36.9 Å². The van der Waals surface area contributed by atoms with Gasteiger partial charge in [-0.3, -0.25) is 4.99 Å². The van der Waals surface area contributed by atoms with Gasteiger partial charge < -0.3 is 10.6 Å². The average molecular weight is 497 g/mol. The monoisotopic (exact) mass is 497 g/mol. The molecule has 2 N–H and O–H groups in total. The lowest BCUT2D eigenvalue weighted by Gasteiger charge is -2.19. The number of nitrogens with one attached hydrogen (secondary N) is 2. The summed E-state index contributed by atoms with van der Waals surface area (Å²) in [5.74, 6) is 0.317. The maximum atomic E-state index is 12.7. The topological polar surface area (TPSA) is 36.4 Å². The Morgan fingerprint density at radius 2 is 1.77 bits per heavy atom. The molecule has 3 nitrogen and oxygen atoms in total. The van der Waals surface area contributed by atoms with Gasteiger partial charge in [0, 0.05) is 20.0 Å². The van der Waals surface area contributed by atoms with Crippen molar-refractivity contribution in [2.45, 2.75) is 44.6 Å². The zero-order chi connectivity index (χ0) is 19.1. The Morgan fingerprint density at radius 3 is 2.31 bits per heavy atom. The molecule has 0 bridgehead atoms. The van der Waals surface area contributed by atoms with Gasteiger partial charge in [0.2, 0.25) is 0 Å². The van der Waals surface area contributed by atoms with E-state index in [9.17, 15) is 26.3 Å². The molecule has 0 radical (unpaired) electrons. The van der Waals surface area contributed by atoms with Crippen molar-refractivity contribution in [3.8, 4) is 0 Å². The molecule has 1 rings (SSSR count). The van der Waals surface area contributed by atoms with Crippen molar-refractivity contribution in [2.75, 3.05) is 13.6 Å². The minimum atomic E-state index is -4.42. The van der Waals surface area contributed by atoms with Crippen LogP contribution in [-0.2, 0) is 6.18 Å². The number of unbranched alkanes of at least 4 members (excludes halogenated alkanes) is 1. The fraction of sp³-hybridized carbons (Fsp3) is 0.562. The first-order chi connectivity index (χ1) is 11.5. The van der Waals surface area contributed by atoms with Gasteiger partial charge in [-0.1, -0.05) is 12.1 Å². The summed E-state index contributed by atoms with van der Waals surface area (Å²) >= 11 is 0. The van der Waals surface area contributed by atoms with Crippen molar-refractivity contribution in [1.29, 1.82) is 0 Å². The van der Waals surface area contributed by atoms with E-state index in [0.29, 0.717) is 17.9 Å². The van der Waals surface area contributed by atoms with E-state index in [1.54, 1.807) is 13.0 Å². The number of hydrogen-bond acceptors (Lipinski definition) is 1. The van der Waals surface area contributed by atoms with Crippen LogP contribution in [0, 0.1) is 0 Å². The molecular formula is C16H22F6IN3. The smallest absolute Gasteiger partial charge is 0.356 e. The summed E-state index contributed by atoms with van der Waals surface area (Å²) in [6, 6.07) is 4.47. The highest BCUT2D eigenvalue weighted by Crippen LogP contribution is 2.30. The zero-order valence-electron chi connectivity index (χ0n) is 14.3. The molecule has 26 heavy (non-hydrogen) atoms. The Balaban J connectivity index is 0.00000625. The number of hydrogen-bond donors (Lipinski definition) is 2. The molecule has 0 aliphatic rings. The van der Waals surface area contributed by atoms with Crippen LogP contribution in [0.2, 0.25) is 0 Å². The van der Waals surface area contributed by atoms with Gasteiger partial charge in [-0.05, 0) is 37.5 Å². The second kappa shape index (κ2) is 10.8. The lowest BCUT2D eigenvalue weighted by atomic mass is 10.1. The van der Waals surface area contributed by atoms with Crippen LogP contribution in [0.25, 0.3) is 0 Å². The Kier molecular flexibility index (Phi) is 10.3. The van der Waals surface area contributed by atoms with Crippen LogP contribution in [0.1, 0.15) is 43.4 Å². The van der Waals surface area contributed by atoms with Crippen molar-refractivity contribution in [1.82, 2.24) is 10.6 Å².